The highest BCUT2D eigenvalue weighted by Crippen LogP contribution is 2.22. The number of ether oxygens (including phenoxy) is 1. The Labute approximate surface area is 121 Å². The molecule has 0 N–H and O–H groups in total. The molecule has 0 bridgehead atoms. The zero-order valence-corrected chi connectivity index (χ0v) is 11.8. The number of aromatic nitrogens is 3. The van der Waals surface area contributed by atoms with Crippen LogP contribution in [0, 0.1) is 0 Å². The molecular weight excluding hydrogens is 282 g/mol. The van der Waals surface area contributed by atoms with Gasteiger partial charge in [-0.25, -0.2) is 4.98 Å². The van der Waals surface area contributed by atoms with Crippen LogP contribution < -0.4 is 10.2 Å². The molecule has 0 saturated carbocycles. The van der Waals surface area contributed by atoms with Gasteiger partial charge in [-0.05, 0) is 18.1 Å². The van der Waals surface area contributed by atoms with Gasteiger partial charge >= 0.3 is 6.18 Å². The molecule has 1 unspecified atom stereocenters. The maximum Gasteiger partial charge on any atom is 0.422 e. The van der Waals surface area contributed by atoms with Gasteiger partial charge < -0.3 is 4.74 Å². The molecule has 0 aliphatic heterocycles. The van der Waals surface area contributed by atoms with Gasteiger partial charge in [-0.3, -0.25) is 4.68 Å². The van der Waals surface area contributed by atoms with E-state index >= 15 is 0 Å². The fourth-order valence-corrected chi connectivity index (χ4v) is 2.01. The summed E-state index contributed by atoms with van der Waals surface area (Å²) in [6, 6.07) is 3.16. The first-order valence-electron chi connectivity index (χ1n) is 6.55. The van der Waals surface area contributed by atoms with Crippen molar-refractivity contribution < 1.29 is 17.9 Å². The van der Waals surface area contributed by atoms with Crippen LogP contribution in [0.1, 0.15) is 24.9 Å². The van der Waals surface area contributed by atoms with E-state index in [-0.39, 0.29) is 11.9 Å². The molecule has 0 amide bonds. The Bertz CT molecular complexity index is 583. The number of alkyl halides is 3. The van der Waals surface area contributed by atoms with Crippen molar-refractivity contribution in [1.29, 1.82) is 0 Å². The van der Waals surface area contributed by atoms with Gasteiger partial charge in [0.15, 0.2) is 6.61 Å². The second-order valence-corrected chi connectivity index (χ2v) is 4.76. The van der Waals surface area contributed by atoms with Crippen molar-refractivity contribution in [2.45, 2.75) is 25.6 Å². The normalized spacial score (nSPS) is 13.1. The summed E-state index contributed by atoms with van der Waals surface area (Å²) in [5, 5.41) is 4.26. The summed E-state index contributed by atoms with van der Waals surface area (Å²) < 4.78 is 42.6. The molecule has 2 aromatic heterocycles. The molecule has 4 nitrogen and oxygen atoms in total. The van der Waals surface area contributed by atoms with Gasteiger partial charge in [-0.1, -0.05) is 12.4 Å². The van der Waals surface area contributed by atoms with Crippen molar-refractivity contribution in [3.05, 3.63) is 36.3 Å². The standard InChI is InChI=1S/C13H15BF3N3O/c1-2-11(20-7-10(14)6-19-20)9-3-4-12(18-5-9)21-8-13(15,16)17/h3-7,11H,2,8,14H2,1H3. The number of hydrogen-bond acceptors (Lipinski definition) is 3. The molecule has 112 valence electrons. The monoisotopic (exact) mass is 297 g/mol. The summed E-state index contributed by atoms with van der Waals surface area (Å²) in [6.45, 7) is 0.671. The number of rotatable bonds is 5. The van der Waals surface area contributed by atoms with Crippen molar-refractivity contribution in [2.75, 3.05) is 6.61 Å². The topological polar surface area (TPSA) is 39.9 Å². The van der Waals surface area contributed by atoms with Crippen LogP contribution >= 0.6 is 0 Å². The summed E-state index contributed by atoms with van der Waals surface area (Å²) in [6.07, 6.45) is 1.64. The Balaban J connectivity index is 2.10. The molecule has 0 saturated heterocycles. The van der Waals surface area contributed by atoms with Crippen molar-refractivity contribution in [1.82, 2.24) is 14.8 Å². The molecular formula is C13H15BF3N3O. The van der Waals surface area contributed by atoms with Crippen molar-refractivity contribution in [2.24, 2.45) is 0 Å². The molecule has 21 heavy (non-hydrogen) atoms. The van der Waals surface area contributed by atoms with Crippen molar-refractivity contribution in [3.8, 4) is 5.88 Å². The first-order valence-corrected chi connectivity index (χ1v) is 6.55. The van der Waals surface area contributed by atoms with Gasteiger partial charge in [-0.2, -0.15) is 18.3 Å². The Hall–Kier alpha value is -1.99. The number of nitrogens with zero attached hydrogens (tertiary/aromatic N) is 3. The lowest BCUT2D eigenvalue weighted by molar-refractivity contribution is -0.154. The maximum absolute atomic E-state index is 12.1. The summed E-state index contributed by atoms with van der Waals surface area (Å²) in [5.74, 6) is -0.0393. The summed E-state index contributed by atoms with van der Waals surface area (Å²) >= 11 is 0. The van der Waals surface area contributed by atoms with Crippen LogP contribution in [0.5, 0.6) is 5.88 Å². The van der Waals surface area contributed by atoms with Crippen LogP contribution in [0.4, 0.5) is 13.2 Å². The van der Waals surface area contributed by atoms with Gasteiger partial charge in [0, 0.05) is 24.7 Å². The zero-order chi connectivity index (χ0) is 15.5. The predicted octanol–water partition coefficient (Wildman–Crippen LogP) is 1.48. The Morgan fingerprint density at radius 1 is 1.33 bits per heavy atom. The minimum Gasteiger partial charge on any atom is -0.468 e. The number of hydrogen-bond donors (Lipinski definition) is 0. The van der Waals surface area contributed by atoms with E-state index in [0.29, 0.717) is 0 Å². The Morgan fingerprint density at radius 3 is 2.57 bits per heavy atom. The van der Waals surface area contributed by atoms with E-state index in [1.54, 1.807) is 12.3 Å². The average molecular weight is 297 g/mol. The fraction of sp³-hybridized carbons (Fsp3) is 0.385. The zero-order valence-electron chi connectivity index (χ0n) is 11.8. The van der Waals surface area contributed by atoms with E-state index < -0.39 is 12.8 Å². The minimum atomic E-state index is -4.36. The average Bonchev–Trinajstić information content (AvgIpc) is 2.84. The quantitative estimate of drug-likeness (QED) is 0.785. The van der Waals surface area contributed by atoms with Crippen LogP contribution in [0.3, 0.4) is 0 Å². The lowest BCUT2D eigenvalue weighted by Crippen LogP contribution is -2.19. The summed E-state index contributed by atoms with van der Waals surface area (Å²) in [5.41, 5.74) is 1.92. The molecule has 0 fully saturated rings. The third kappa shape index (κ3) is 4.24. The molecule has 0 radical (unpaired) electrons. The van der Waals surface area contributed by atoms with Crippen LogP contribution in [0.2, 0.25) is 0 Å². The number of halogens is 3. The highest BCUT2D eigenvalue weighted by Gasteiger charge is 2.28. The van der Waals surface area contributed by atoms with E-state index in [1.807, 2.05) is 25.6 Å². The molecule has 2 aromatic rings. The first-order chi connectivity index (χ1) is 9.89. The second kappa shape index (κ2) is 6.20. The van der Waals surface area contributed by atoms with E-state index in [9.17, 15) is 13.2 Å². The third-order valence-corrected chi connectivity index (χ3v) is 2.96. The van der Waals surface area contributed by atoms with Gasteiger partial charge in [0.05, 0.1) is 6.04 Å². The van der Waals surface area contributed by atoms with E-state index in [4.69, 9.17) is 0 Å². The van der Waals surface area contributed by atoms with Crippen molar-refractivity contribution in [3.63, 3.8) is 0 Å². The Morgan fingerprint density at radius 2 is 2.10 bits per heavy atom. The van der Waals surface area contributed by atoms with Crippen LogP contribution in [0.25, 0.3) is 0 Å². The third-order valence-electron chi connectivity index (χ3n) is 2.96. The van der Waals surface area contributed by atoms with E-state index in [0.717, 1.165) is 17.4 Å². The molecule has 8 heteroatoms. The summed E-state index contributed by atoms with van der Waals surface area (Å²) in [4.78, 5) is 3.92. The molecule has 2 rings (SSSR count). The van der Waals surface area contributed by atoms with Gasteiger partial charge in [-0.15, -0.1) is 0 Å². The van der Waals surface area contributed by atoms with Crippen LogP contribution in [-0.2, 0) is 0 Å². The van der Waals surface area contributed by atoms with Crippen LogP contribution in [0.15, 0.2) is 30.7 Å². The van der Waals surface area contributed by atoms with Crippen molar-refractivity contribution >= 4 is 13.3 Å². The highest BCUT2D eigenvalue weighted by atomic mass is 19.4. The van der Waals surface area contributed by atoms with Gasteiger partial charge in [0.25, 0.3) is 0 Å². The fourth-order valence-electron chi connectivity index (χ4n) is 2.01. The smallest absolute Gasteiger partial charge is 0.422 e. The van der Waals surface area contributed by atoms with E-state index in [1.165, 1.54) is 12.3 Å². The van der Waals surface area contributed by atoms with Gasteiger partial charge in [0.2, 0.25) is 5.88 Å². The molecule has 0 aromatic carbocycles. The van der Waals surface area contributed by atoms with Crippen LogP contribution in [-0.4, -0.2) is 35.4 Å². The lowest BCUT2D eigenvalue weighted by atomic mass is 10.0. The highest BCUT2D eigenvalue weighted by molar-refractivity contribution is 6.31. The predicted molar refractivity (Wildman–Crippen MR) is 74.6 cm³/mol. The molecule has 2 heterocycles. The first kappa shape index (κ1) is 15.4. The Kier molecular flexibility index (Phi) is 4.54. The molecule has 0 spiro atoms. The minimum absolute atomic E-state index is 0.00265. The summed E-state index contributed by atoms with van der Waals surface area (Å²) in [7, 11) is 1.95. The largest absolute Gasteiger partial charge is 0.468 e. The SMILES string of the molecule is Bc1cnn(C(CC)c2ccc(OCC(F)(F)F)nc2)c1. The molecule has 1 atom stereocenters. The molecule has 0 aliphatic carbocycles. The molecule has 0 aliphatic rings. The van der Waals surface area contributed by atoms with E-state index in [2.05, 4.69) is 14.8 Å². The number of pyridine rings is 1. The van der Waals surface area contributed by atoms with Gasteiger partial charge in [0.1, 0.15) is 7.85 Å². The lowest BCUT2D eigenvalue weighted by Gasteiger charge is -2.16. The maximum atomic E-state index is 12.1. The second-order valence-electron chi connectivity index (χ2n) is 4.76.